The van der Waals surface area contributed by atoms with Crippen LogP contribution in [0.4, 0.5) is 5.82 Å². The number of benzene rings is 1. The minimum atomic E-state index is 0.407. The van der Waals surface area contributed by atoms with E-state index in [9.17, 15) is 0 Å². The number of hydrogen-bond donors (Lipinski definition) is 1. The van der Waals surface area contributed by atoms with Gasteiger partial charge in [-0.15, -0.1) is 5.10 Å². The standard InChI is InChI=1S/C12H16N4O2/c1-2-17-10-5-3-4-6-11(10)18-8-7-16-9-12(13)14-15-16/h3-6,9H,2,7-8,13H2,1H3. The first-order valence-electron chi connectivity index (χ1n) is 5.80. The van der Waals surface area contributed by atoms with Crippen molar-refractivity contribution >= 4 is 5.82 Å². The normalized spacial score (nSPS) is 10.3. The molecule has 0 amide bonds. The molecular weight excluding hydrogens is 232 g/mol. The number of anilines is 1. The second-order valence-corrected chi connectivity index (χ2v) is 3.63. The van der Waals surface area contributed by atoms with Crippen LogP contribution >= 0.6 is 0 Å². The summed E-state index contributed by atoms with van der Waals surface area (Å²) in [5.41, 5.74) is 5.47. The van der Waals surface area contributed by atoms with Crippen LogP contribution in [-0.4, -0.2) is 28.2 Å². The lowest BCUT2D eigenvalue weighted by atomic mass is 10.3. The van der Waals surface area contributed by atoms with Gasteiger partial charge >= 0.3 is 0 Å². The van der Waals surface area contributed by atoms with Crippen LogP contribution in [0, 0.1) is 0 Å². The molecule has 6 heteroatoms. The van der Waals surface area contributed by atoms with Crippen LogP contribution in [0.5, 0.6) is 11.5 Å². The summed E-state index contributed by atoms with van der Waals surface area (Å²) in [4.78, 5) is 0. The van der Waals surface area contributed by atoms with Crippen molar-refractivity contribution < 1.29 is 9.47 Å². The molecule has 0 aliphatic rings. The second-order valence-electron chi connectivity index (χ2n) is 3.63. The number of nitrogen functional groups attached to an aromatic ring is 1. The van der Waals surface area contributed by atoms with Gasteiger partial charge in [-0.3, -0.25) is 0 Å². The van der Waals surface area contributed by atoms with Gasteiger partial charge in [0.05, 0.1) is 19.3 Å². The van der Waals surface area contributed by atoms with E-state index in [1.165, 1.54) is 0 Å². The molecule has 2 N–H and O–H groups in total. The summed E-state index contributed by atoms with van der Waals surface area (Å²) in [6.45, 7) is 3.62. The highest BCUT2D eigenvalue weighted by Gasteiger charge is 2.03. The molecule has 0 saturated heterocycles. The van der Waals surface area contributed by atoms with Crippen LogP contribution in [0.3, 0.4) is 0 Å². The Morgan fingerprint density at radius 2 is 1.94 bits per heavy atom. The zero-order valence-corrected chi connectivity index (χ0v) is 10.2. The van der Waals surface area contributed by atoms with Crippen molar-refractivity contribution in [1.82, 2.24) is 15.0 Å². The van der Waals surface area contributed by atoms with Crippen molar-refractivity contribution in [3.05, 3.63) is 30.5 Å². The van der Waals surface area contributed by atoms with Crippen molar-refractivity contribution in [2.45, 2.75) is 13.5 Å². The molecule has 0 saturated carbocycles. The van der Waals surface area contributed by atoms with E-state index in [4.69, 9.17) is 15.2 Å². The second kappa shape index (κ2) is 5.90. The monoisotopic (exact) mass is 248 g/mol. The Morgan fingerprint density at radius 1 is 1.22 bits per heavy atom. The first-order chi connectivity index (χ1) is 8.79. The molecule has 0 aliphatic heterocycles. The lowest BCUT2D eigenvalue weighted by Crippen LogP contribution is -2.09. The van der Waals surface area contributed by atoms with Crippen LogP contribution in [0.1, 0.15) is 6.92 Å². The predicted octanol–water partition coefficient (Wildman–Crippen LogP) is 1.34. The van der Waals surface area contributed by atoms with E-state index in [0.29, 0.717) is 25.6 Å². The maximum Gasteiger partial charge on any atom is 0.165 e. The Balaban J connectivity index is 1.89. The van der Waals surface area contributed by atoms with Crippen LogP contribution in [0.2, 0.25) is 0 Å². The van der Waals surface area contributed by atoms with Crippen LogP contribution in [0.15, 0.2) is 30.5 Å². The number of ether oxygens (including phenoxy) is 2. The first kappa shape index (κ1) is 12.2. The van der Waals surface area contributed by atoms with E-state index in [1.807, 2.05) is 31.2 Å². The fourth-order valence-corrected chi connectivity index (χ4v) is 1.52. The van der Waals surface area contributed by atoms with E-state index in [-0.39, 0.29) is 0 Å². The van der Waals surface area contributed by atoms with Gasteiger partial charge in [0.25, 0.3) is 0 Å². The third-order valence-electron chi connectivity index (χ3n) is 2.28. The molecule has 6 nitrogen and oxygen atoms in total. The first-order valence-corrected chi connectivity index (χ1v) is 5.80. The Labute approximate surface area is 105 Å². The maximum atomic E-state index is 5.65. The van der Waals surface area contributed by atoms with E-state index in [2.05, 4.69) is 10.3 Å². The molecule has 1 heterocycles. The van der Waals surface area contributed by atoms with Gasteiger partial charge in [0.1, 0.15) is 6.61 Å². The Kier molecular flexibility index (Phi) is 4.01. The molecule has 1 aromatic heterocycles. The summed E-state index contributed by atoms with van der Waals surface area (Å²) in [5, 5.41) is 7.54. The molecule has 18 heavy (non-hydrogen) atoms. The van der Waals surface area contributed by atoms with Crippen molar-refractivity contribution in [1.29, 1.82) is 0 Å². The van der Waals surface area contributed by atoms with Crippen LogP contribution in [-0.2, 0) is 6.54 Å². The average molecular weight is 248 g/mol. The van der Waals surface area contributed by atoms with Gasteiger partial charge in [0.15, 0.2) is 17.3 Å². The summed E-state index contributed by atoms with van der Waals surface area (Å²) in [6.07, 6.45) is 1.66. The SMILES string of the molecule is CCOc1ccccc1OCCn1cc(N)nn1. The molecule has 0 spiro atoms. The molecule has 0 bridgehead atoms. The van der Waals surface area contributed by atoms with Gasteiger partial charge in [-0.25, -0.2) is 4.68 Å². The molecule has 2 rings (SSSR count). The molecule has 0 radical (unpaired) electrons. The van der Waals surface area contributed by atoms with E-state index in [0.717, 1.165) is 11.5 Å². The van der Waals surface area contributed by atoms with Gasteiger partial charge in [0, 0.05) is 0 Å². The molecule has 0 unspecified atom stereocenters. The van der Waals surface area contributed by atoms with Crippen molar-refractivity contribution in [2.75, 3.05) is 18.9 Å². The Hall–Kier alpha value is -2.24. The predicted molar refractivity (Wildman–Crippen MR) is 67.5 cm³/mol. The Bertz CT molecular complexity index is 498. The van der Waals surface area contributed by atoms with E-state index >= 15 is 0 Å². The third-order valence-corrected chi connectivity index (χ3v) is 2.28. The summed E-state index contributed by atoms with van der Waals surface area (Å²) >= 11 is 0. The quantitative estimate of drug-likeness (QED) is 0.834. The smallest absolute Gasteiger partial charge is 0.165 e. The van der Waals surface area contributed by atoms with Gasteiger partial charge in [-0.05, 0) is 19.1 Å². The number of aromatic nitrogens is 3. The molecular formula is C12H16N4O2. The van der Waals surface area contributed by atoms with Gasteiger partial charge < -0.3 is 15.2 Å². The lowest BCUT2D eigenvalue weighted by molar-refractivity contribution is 0.261. The molecule has 96 valence electrons. The zero-order valence-electron chi connectivity index (χ0n) is 10.2. The number of para-hydroxylation sites is 2. The molecule has 0 aliphatic carbocycles. The number of hydrogen-bond acceptors (Lipinski definition) is 5. The fourth-order valence-electron chi connectivity index (χ4n) is 1.52. The topological polar surface area (TPSA) is 75.2 Å². The van der Waals surface area contributed by atoms with Crippen LogP contribution in [0.25, 0.3) is 0 Å². The summed E-state index contributed by atoms with van der Waals surface area (Å²) in [6, 6.07) is 7.58. The number of nitrogens with zero attached hydrogens (tertiary/aromatic N) is 3. The van der Waals surface area contributed by atoms with Crippen molar-refractivity contribution in [3.8, 4) is 11.5 Å². The highest BCUT2D eigenvalue weighted by Crippen LogP contribution is 2.26. The van der Waals surface area contributed by atoms with Crippen LogP contribution < -0.4 is 15.2 Å². The van der Waals surface area contributed by atoms with Gasteiger partial charge in [-0.2, -0.15) is 0 Å². The highest BCUT2D eigenvalue weighted by molar-refractivity contribution is 5.39. The summed E-state index contributed by atoms with van der Waals surface area (Å²) < 4.78 is 12.8. The maximum absolute atomic E-state index is 5.65. The fraction of sp³-hybridized carbons (Fsp3) is 0.333. The number of nitrogens with two attached hydrogens (primary N) is 1. The van der Waals surface area contributed by atoms with E-state index < -0.39 is 0 Å². The van der Waals surface area contributed by atoms with Gasteiger partial charge in [0.2, 0.25) is 0 Å². The Morgan fingerprint density at radius 3 is 2.56 bits per heavy atom. The van der Waals surface area contributed by atoms with Gasteiger partial charge in [-0.1, -0.05) is 17.3 Å². The van der Waals surface area contributed by atoms with Crippen molar-refractivity contribution in [3.63, 3.8) is 0 Å². The molecule has 0 fully saturated rings. The molecule has 1 aromatic carbocycles. The zero-order chi connectivity index (χ0) is 12.8. The lowest BCUT2D eigenvalue weighted by Gasteiger charge is -2.11. The van der Waals surface area contributed by atoms with Crippen molar-refractivity contribution in [2.24, 2.45) is 0 Å². The average Bonchev–Trinajstić information content (AvgIpc) is 2.78. The number of rotatable bonds is 6. The highest BCUT2D eigenvalue weighted by atomic mass is 16.5. The minimum absolute atomic E-state index is 0.407. The molecule has 2 aromatic rings. The summed E-state index contributed by atoms with van der Waals surface area (Å²) in [5.74, 6) is 1.88. The largest absolute Gasteiger partial charge is 0.490 e. The molecule has 0 atom stereocenters. The summed E-state index contributed by atoms with van der Waals surface area (Å²) in [7, 11) is 0. The minimum Gasteiger partial charge on any atom is -0.490 e. The third kappa shape index (κ3) is 3.13. The van der Waals surface area contributed by atoms with E-state index in [1.54, 1.807) is 10.9 Å².